The van der Waals surface area contributed by atoms with Gasteiger partial charge in [-0.2, -0.15) is 5.10 Å². The van der Waals surface area contributed by atoms with Crippen molar-refractivity contribution in [2.45, 2.75) is 13.0 Å². The summed E-state index contributed by atoms with van der Waals surface area (Å²) < 4.78 is 5.14. The van der Waals surface area contributed by atoms with Gasteiger partial charge < -0.3 is 15.2 Å². The first kappa shape index (κ1) is 16.0. The largest absolute Gasteiger partial charge is 0.497 e. The predicted octanol–water partition coefficient (Wildman–Crippen LogP) is 2.34. The molecule has 3 N–H and O–H groups in total. The van der Waals surface area contributed by atoms with E-state index in [1.807, 2.05) is 25.1 Å². The number of aromatic amines is 1. The fourth-order valence-corrected chi connectivity index (χ4v) is 2.54. The van der Waals surface area contributed by atoms with Crippen molar-refractivity contribution in [3.63, 3.8) is 0 Å². The molecule has 6 nitrogen and oxygen atoms in total. The number of nitrogens with one attached hydrogen (secondary N) is 2. The van der Waals surface area contributed by atoms with Gasteiger partial charge >= 0.3 is 0 Å². The van der Waals surface area contributed by atoms with Gasteiger partial charge in [0.25, 0.3) is 5.91 Å². The lowest BCUT2D eigenvalue weighted by Gasteiger charge is -2.12. The van der Waals surface area contributed by atoms with Crippen molar-refractivity contribution >= 4 is 16.8 Å². The number of aliphatic hydroxyl groups excluding tert-OH is 1. The van der Waals surface area contributed by atoms with Crippen LogP contribution in [-0.2, 0) is 0 Å². The predicted molar refractivity (Wildman–Crippen MR) is 91.1 cm³/mol. The molecule has 24 heavy (non-hydrogen) atoms. The van der Waals surface area contributed by atoms with Crippen LogP contribution in [0.25, 0.3) is 10.9 Å². The van der Waals surface area contributed by atoms with Crippen molar-refractivity contribution in [2.75, 3.05) is 13.7 Å². The van der Waals surface area contributed by atoms with Crippen LogP contribution in [0.1, 0.15) is 27.7 Å². The van der Waals surface area contributed by atoms with Gasteiger partial charge in [-0.3, -0.25) is 9.89 Å². The van der Waals surface area contributed by atoms with Crippen molar-refractivity contribution in [3.8, 4) is 5.75 Å². The number of rotatable bonds is 5. The first-order chi connectivity index (χ1) is 11.6. The topological polar surface area (TPSA) is 87.2 Å². The number of aromatic nitrogens is 2. The molecule has 0 aliphatic heterocycles. The molecule has 2 aromatic carbocycles. The maximum Gasteiger partial charge on any atom is 0.272 e. The van der Waals surface area contributed by atoms with E-state index in [1.165, 1.54) is 0 Å². The Labute approximate surface area is 139 Å². The number of amides is 1. The summed E-state index contributed by atoms with van der Waals surface area (Å²) in [6.45, 7) is 2.05. The monoisotopic (exact) mass is 325 g/mol. The summed E-state index contributed by atoms with van der Waals surface area (Å²) in [6.07, 6.45) is -0.823. The van der Waals surface area contributed by atoms with Crippen LogP contribution >= 0.6 is 0 Å². The van der Waals surface area contributed by atoms with Crippen LogP contribution in [0.15, 0.2) is 42.5 Å². The van der Waals surface area contributed by atoms with E-state index < -0.39 is 6.10 Å². The Hall–Kier alpha value is -2.86. The van der Waals surface area contributed by atoms with Gasteiger partial charge in [-0.05, 0) is 36.8 Å². The average Bonchev–Trinajstić information content (AvgIpc) is 3.02. The minimum atomic E-state index is -0.823. The average molecular weight is 325 g/mol. The van der Waals surface area contributed by atoms with Crippen molar-refractivity contribution < 1.29 is 14.6 Å². The number of ether oxygens (including phenoxy) is 1. The van der Waals surface area contributed by atoms with Gasteiger partial charge in [0.05, 0.1) is 18.7 Å². The number of nitrogens with zero attached hydrogens (tertiary/aromatic N) is 1. The Morgan fingerprint density at radius 3 is 2.96 bits per heavy atom. The third-order valence-electron chi connectivity index (χ3n) is 3.87. The van der Waals surface area contributed by atoms with E-state index in [-0.39, 0.29) is 12.5 Å². The number of hydrogen-bond acceptors (Lipinski definition) is 4. The smallest absolute Gasteiger partial charge is 0.272 e. The van der Waals surface area contributed by atoms with Gasteiger partial charge in [0.15, 0.2) is 5.69 Å². The van der Waals surface area contributed by atoms with Gasteiger partial charge in [0.1, 0.15) is 5.75 Å². The highest BCUT2D eigenvalue weighted by Gasteiger charge is 2.16. The zero-order valence-corrected chi connectivity index (χ0v) is 13.5. The van der Waals surface area contributed by atoms with Crippen molar-refractivity contribution in [3.05, 3.63) is 59.3 Å². The summed E-state index contributed by atoms with van der Waals surface area (Å²) in [7, 11) is 1.57. The first-order valence-electron chi connectivity index (χ1n) is 7.63. The third-order valence-corrected chi connectivity index (χ3v) is 3.87. The fraction of sp³-hybridized carbons (Fsp3) is 0.222. The summed E-state index contributed by atoms with van der Waals surface area (Å²) in [5.74, 6) is 0.334. The van der Waals surface area contributed by atoms with E-state index in [0.29, 0.717) is 17.0 Å². The van der Waals surface area contributed by atoms with Gasteiger partial charge in [-0.25, -0.2) is 0 Å². The van der Waals surface area contributed by atoms with Crippen molar-refractivity contribution in [1.29, 1.82) is 0 Å². The number of carbonyl (C=O) groups excluding carboxylic acids is 1. The highest BCUT2D eigenvalue weighted by molar-refractivity contribution is 6.04. The van der Waals surface area contributed by atoms with Crippen molar-refractivity contribution in [2.24, 2.45) is 0 Å². The normalized spacial score (nSPS) is 12.1. The van der Waals surface area contributed by atoms with E-state index >= 15 is 0 Å². The lowest BCUT2D eigenvalue weighted by molar-refractivity contribution is 0.0913. The molecule has 0 saturated heterocycles. The first-order valence-corrected chi connectivity index (χ1v) is 7.63. The maximum atomic E-state index is 12.4. The molecule has 6 heteroatoms. The zero-order valence-electron chi connectivity index (χ0n) is 13.5. The molecule has 1 heterocycles. The lowest BCUT2D eigenvalue weighted by atomic mass is 10.1. The van der Waals surface area contributed by atoms with Crippen LogP contribution in [0.3, 0.4) is 0 Å². The van der Waals surface area contributed by atoms with Crippen molar-refractivity contribution in [1.82, 2.24) is 15.5 Å². The van der Waals surface area contributed by atoms with Gasteiger partial charge in [0.2, 0.25) is 0 Å². The summed E-state index contributed by atoms with van der Waals surface area (Å²) in [4.78, 5) is 12.4. The van der Waals surface area contributed by atoms with Gasteiger partial charge in [-0.15, -0.1) is 0 Å². The second-order valence-corrected chi connectivity index (χ2v) is 5.62. The summed E-state index contributed by atoms with van der Waals surface area (Å²) in [6, 6.07) is 12.9. The van der Waals surface area contributed by atoms with Crippen LogP contribution in [0, 0.1) is 6.92 Å². The summed E-state index contributed by atoms with van der Waals surface area (Å²) in [5, 5.41) is 20.6. The molecule has 1 unspecified atom stereocenters. The van der Waals surface area contributed by atoms with E-state index in [4.69, 9.17) is 4.74 Å². The molecule has 3 aromatic rings. The quantitative estimate of drug-likeness (QED) is 0.672. The molecule has 0 bridgehead atoms. The number of aliphatic hydroxyl groups is 1. The molecular weight excluding hydrogens is 306 g/mol. The molecule has 0 fully saturated rings. The molecule has 3 rings (SSSR count). The van der Waals surface area contributed by atoms with E-state index in [9.17, 15) is 9.90 Å². The van der Waals surface area contributed by atoms with Crippen LogP contribution in [0.5, 0.6) is 5.75 Å². The fourth-order valence-electron chi connectivity index (χ4n) is 2.54. The maximum absolute atomic E-state index is 12.4. The molecule has 0 spiro atoms. The van der Waals surface area contributed by atoms with E-state index in [1.54, 1.807) is 31.4 Å². The lowest BCUT2D eigenvalue weighted by Crippen LogP contribution is -2.28. The molecular formula is C18H19N3O3. The second-order valence-electron chi connectivity index (χ2n) is 5.62. The Morgan fingerprint density at radius 1 is 1.33 bits per heavy atom. The molecule has 0 radical (unpaired) electrons. The van der Waals surface area contributed by atoms with Gasteiger partial charge in [0, 0.05) is 11.9 Å². The summed E-state index contributed by atoms with van der Waals surface area (Å²) in [5.41, 5.74) is 2.86. The Kier molecular flexibility index (Phi) is 4.48. The molecule has 0 aliphatic rings. The van der Waals surface area contributed by atoms with Crippen LogP contribution < -0.4 is 10.1 Å². The molecule has 1 amide bonds. The van der Waals surface area contributed by atoms with Crippen LogP contribution in [0.4, 0.5) is 0 Å². The molecule has 124 valence electrons. The minimum absolute atomic E-state index is 0.0895. The Balaban J connectivity index is 1.71. The SMILES string of the molecule is COc1cccc(C(O)CNC(=O)c2n[nH]c3ccc(C)cc23)c1. The molecule has 0 saturated carbocycles. The standard InChI is InChI=1S/C18H19N3O3/c1-11-6-7-15-14(8-11)17(21-20-15)18(23)19-10-16(22)12-4-3-5-13(9-12)24-2/h3-9,16,22H,10H2,1-2H3,(H,19,23)(H,20,21). The number of fused-ring (bicyclic) bond motifs is 1. The number of methoxy groups -OCH3 is 1. The van der Waals surface area contributed by atoms with E-state index in [2.05, 4.69) is 15.5 Å². The van der Waals surface area contributed by atoms with Crippen LogP contribution in [0.2, 0.25) is 0 Å². The number of H-pyrrole nitrogens is 1. The highest BCUT2D eigenvalue weighted by Crippen LogP contribution is 2.20. The van der Waals surface area contributed by atoms with Gasteiger partial charge in [-0.1, -0.05) is 23.8 Å². The Bertz CT molecular complexity index is 873. The Morgan fingerprint density at radius 2 is 2.17 bits per heavy atom. The number of hydrogen-bond donors (Lipinski definition) is 3. The third kappa shape index (κ3) is 3.23. The molecule has 1 atom stereocenters. The number of carbonyl (C=O) groups is 1. The molecule has 0 aliphatic carbocycles. The number of benzene rings is 2. The second kappa shape index (κ2) is 6.72. The minimum Gasteiger partial charge on any atom is -0.497 e. The highest BCUT2D eigenvalue weighted by atomic mass is 16.5. The zero-order chi connectivity index (χ0) is 17.1. The van der Waals surface area contributed by atoms with E-state index in [0.717, 1.165) is 16.5 Å². The van der Waals surface area contributed by atoms with Crippen LogP contribution in [-0.4, -0.2) is 34.9 Å². The molecule has 1 aromatic heterocycles. The summed E-state index contributed by atoms with van der Waals surface area (Å²) >= 11 is 0. The number of aryl methyl sites for hydroxylation is 1.